The van der Waals surface area contributed by atoms with Crippen LogP contribution < -0.4 is 0 Å². The van der Waals surface area contributed by atoms with E-state index in [1.54, 1.807) is 6.07 Å². The van der Waals surface area contributed by atoms with Crippen LogP contribution in [-0.4, -0.2) is 53.1 Å². The molecule has 1 aliphatic heterocycles. The van der Waals surface area contributed by atoms with Crippen molar-refractivity contribution < 1.29 is 10.6 Å². The van der Waals surface area contributed by atoms with E-state index in [-0.39, 0.29) is 30.3 Å². The highest BCUT2D eigenvalue weighted by atomic mass is 35.5. The monoisotopic (exact) mass is 414 g/mol. The highest BCUT2D eigenvalue weighted by Gasteiger charge is 2.25. The lowest BCUT2D eigenvalue weighted by molar-refractivity contribution is 0.0954. The lowest BCUT2D eigenvalue weighted by Gasteiger charge is -2.39. The Bertz CT molecular complexity index is 635. The average molecular weight is 415 g/mol. The maximum absolute atomic E-state index is 9.78. The van der Waals surface area contributed by atoms with Crippen LogP contribution in [0, 0.1) is 0 Å². The Kier molecular flexibility index (Phi) is 12.4. The first-order valence-electron chi connectivity index (χ1n) is 9.05. The van der Waals surface area contributed by atoms with Crippen molar-refractivity contribution >= 4 is 24.8 Å². The fourth-order valence-electron chi connectivity index (χ4n) is 3.65. The molecule has 2 aromatic rings. The number of phenols is 1. The molecule has 1 saturated heterocycles. The average Bonchev–Trinajstić information content (AvgIpc) is 2.62. The van der Waals surface area contributed by atoms with Crippen LogP contribution in [0.4, 0.5) is 0 Å². The summed E-state index contributed by atoms with van der Waals surface area (Å²) < 4.78 is 0. The van der Waals surface area contributed by atoms with Gasteiger partial charge in [-0.1, -0.05) is 49.4 Å². The standard InChI is InChI=1S/C21H28N2O.2ClH.H2O/c1-2-11-22-12-14-23(15-13-22)21(19-8-4-3-5-9-19)17-18-7-6-10-20(24)16-18;;;/h3-10,16,21,24H,2,11-15,17H2,1H3;2*1H;1H2. The van der Waals surface area contributed by atoms with Crippen LogP contribution in [-0.2, 0) is 6.42 Å². The molecule has 0 bridgehead atoms. The van der Waals surface area contributed by atoms with Gasteiger partial charge in [0.2, 0.25) is 0 Å². The van der Waals surface area contributed by atoms with E-state index in [0.29, 0.717) is 11.8 Å². The van der Waals surface area contributed by atoms with E-state index < -0.39 is 0 Å². The molecule has 3 N–H and O–H groups in total. The van der Waals surface area contributed by atoms with Gasteiger partial charge in [-0.2, -0.15) is 0 Å². The van der Waals surface area contributed by atoms with Crippen LogP contribution in [0.2, 0.25) is 0 Å². The minimum Gasteiger partial charge on any atom is -0.508 e. The summed E-state index contributed by atoms with van der Waals surface area (Å²) in [5, 5.41) is 9.78. The molecule has 1 unspecified atom stereocenters. The third-order valence-corrected chi connectivity index (χ3v) is 4.91. The lowest BCUT2D eigenvalue weighted by Crippen LogP contribution is -2.48. The summed E-state index contributed by atoms with van der Waals surface area (Å²) in [6.07, 6.45) is 2.16. The minimum atomic E-state index is 0. The molecular weight excluding hydrogens is 383 g/mol. The Morgan fingerprint density at radius 2 is 1.59 bits per heavy atom. The SMILES string of the molecule is CCCN1CCN(C(Cc2cccc(O)c2)c2ccccc2)CC1.Cl.Cl.O. The van der Waals surface area contributed by atoms with Crippen LogP contribution in [0.5, 0.6) is 5.75 Å². The molecule has 152 valence electrons. The van der Waals surface area contributed by atoms with Gasteiger partial charge in [0.1, 0.15) is 5.75 Å². The molecule has 1 atom stereocenters. The van der Waals surface area contributed by atoms with Gasteiger partial charge in [-0.15, -0.1) is 24.8 Å². The van der Waals surface area contributed by atoms with Crippen molar-refractivity contribution in [2.45, 2.75) is 25.8 Å². The molecule has 0 aromatic heterocycles. The molecule has 6 heteroatoms. The van der Waals surface area contributed by atoms with Crippen LogP contribution >= 0.6 is 24.8 Å². The Labute approximate surface area is 175 Å². The van der Waals surface area contributed by atoms with Crippen molar-refractivity contribution in [1.29, 1.82) is 0 Å². The Hall–Kier alpha value is -1.30. The topological polar surface area (TPSA) is 58.2 Å². The molecule has 4 nitrogen and oxygen atoms in total. The second-order valence-corrected chi connectivity index (χ2v) is 6.68. The third-order valence-electron chi connectivity index (χ3n) is 4.91. The summed E-state index contributed by atoms with van der Waals surface area (Å²) in [5.74, 6) is 0.354. The maximum atomic E-state index is 9.78. The Morgan fingerprint density at radius 3 is 2.19 bits per heavy atom. The second-order valence-electron chi connectivity index (χ2n) is 6.68. The minimum absolute atomic E-state index is 0. The zero-order valence-corrected chi connectivity index (χ0v) is 17.5. The van der Waals surface area contributed by atoms with E-state index >= 15 is 0 Å². The highest BCUT2D eigenvalue weighted by Crippen LogP contribution is 2.27. The fraction of sp³-hybridized carbons (Fsp3) is 0.429. The molecule has 1 heterocycles. The van der Waals surface area contributed by atoms with E-state index in [9.17, 15) is 5.11 Å². The summed E-state index contributed by atoms with van der Waals surface area (Å²) in [6.45, 7) is 7.97. The van der Waals surface area contributed by atoms with Gasteiger partial charge >= 0.3 is 0 Å². The number of piperazine rings is 1. The molecule has 2 aromatic carbocycles. The molecule has 1 fully saturated rings. The lowest BCUT2D eigenvalue weighted by atomic mass is 9.96. The van der Waals surface area contributed by atoms with Gasteiger partial charge in [-0.3, -0.25) is 4.90 Å². The maximum Gasteiger partial charge on any atom is 0.115 e. The predicted octanol–water partition coefficient (Wildman–Crippen LogP) is 3.72. The quantitative estimate of drug-likeness (QED) is 0.782. The number of hydrogen-bond donors (Lipinski definition) is 1. The second kappa shape index (κ2) is 13.0. The van der Waals surface area contributed by atoms with E-state index in [4.69, 9.17) is 0 Å². The first-order valence-corrected chi connectivity index (χ1v) is 9.05. The van der Waals surface area contributed by atoms with E-state index in [2.05, 4.69) is 53.1 Å². The number of phenolic OH excluding ortho intramolecular Hbond substituents is 1. The first-order chi connectivity index (χ1) is 11.8. The number of aromatic hydroxyl groups is 1. The van der Waals surface area contributed by atoms with E-state index in [1.807, 2.05) is 12.1 Å². The van der Waals surface area contributed by atoms with Crippen molar-refractivity contribution in [3.05, 3.63) is 65.7 Å². The molecular formula is C21H32Cl2N2O2. The Balaban J connectivity index is 0.00000225. The molecule has 0 spiro atoms. The number of hydrogen-bond acceptors (Lipinski definition) is 3. The number of halogens is 2. The Morgan fingerprint density at radius 1 is 0.926 bits per heavy atom. The number of nitrogens with zero attached hydrogens (tertiary/aromatic N) is 2. The highest BCUT2D eigenvalue weighted by molar-refractivity contribution is 5.85. The molecule has 0 radical (unpaired) electrons. The largest absolute Gasteiger partial charge is 0.508 e. The molecule has 0 saturated carbocycles. The van der Waals surface area contributed by atoms with Gasteiger partial charge in [0.05, 0.1) is 0 Å². The molecule has 1 aliphatic rings. The third kappa shape index (κ3) is 7.32. The first kappa shape index (κ1) is 25.7. The summed E-state index contributed by atoms with van der Waals surface area (Å²) in [4.78, 5) is 5.17. The number of benzene rings is 2. The van der Waals surface area contributed by atoms with Gasteiger partial charge < -0.3 is 15.5 Å². The zero-order chi connectivity index (χ0) is 16.8. The smallest absolute Gasteiger partial charge is 0.115 e. The van der Waals surface area contributed by atoms with Crippen molar-refractivity contribution in [2.75, 3.05) is 32.7 Å². The van der Waals surface area contributed by atoms with Gasteiger partial charge in [0.15, 0.2) is 0 Å². The van der Waals surface area contributed by atoms with E-state index in [1.165, 1.54) is 24.1 Å². The van der Waals surface area contributed by atoms with Gasteiger partial charge in [-0.25, -0.2) is 0 Å². The normalized spacial score (nSPS) is 15.7. The number of rotatable bonds is 6. The van der Waals surface area contributed by atoms with Gasteiger partial charge in [0.25, 0.3) is 0 Å². The van der Waals surface area contributed by atoms with Crippen LogP contribution in [0.15, 0.2) is 54.6 Å². The summed E-state index contributed by atoms with van der Waals surface area (Å²) in [7, 11) is 0. The van der Waals surface area contributed by atoms with Crippen molar-refractivity contribution in [1.82, 2.24) is 9.80 Å². The van der Waals surface area contributed by atoms with Crippen LogP contribution in [0.25, 0.3) is 0 Å². The summed E-state index contributed by atoms with van der Waals surface area (Å²) >= 11 is 0. The molecule has 27 heavy (non-hydrogen) atoms. The van der Waals surface area contributed by atoms with Crippen molar-refractivity contribution in [3.63, 3.8) is 0 Å². The molecule has 0 aliphatic carbocycles. The van der Waals surface area contributed by atoms with Crippen molar-refractivity contribution in [3.8, 4) is 5.75 Å². The van der Waals surface area contributed by atoms with Crippen LogP contribution in [0.1, 0.15) is 30.5 Å². The van der Waals surface area contributed by atoms with Gasteiger partial charge in [0, 0.05) is 32.2 Å². The summed E-state index contributed by atoms with van der Waals surface area (Å²) in [5.41, 5.74) is 2.56. The van der Waals surface area contributed by atoms with E-state index in [0.717, 1.165) is 32.6 Å². The van der Waals surface area contributed by atoms with Crippen molar-refractivity contribution in [2.24, 2.45) is 0 Å². The predicted molar refractivity (Wildman–Crippen MR) is 117 cm³/mol. The van der Waals surface area contributed by atoms with Crippen LogP contribution in [0.3, 0.4) is 0 Å². The fourth-order valence-corrected chi connectivity index (χ4v) is 3.65. The van der Waals surface area contributed by atoms with Gasteiger partial charge in [-0.05, 0) is 42.6 Å². The molecule has 0 amide bonds. The molecule has 3 rings (SSSR count). The zero-order valence-electron chi connectivity index (χ0n) is 15.9. The summed E-state index contributed by atoms with van der Waals surface area (Å²) in [6, 6.07) is 18.8.